The number of nitrogens with one attached hydrogen (secondary N) is 2. The summed E-state index contributed by atoms with van der Waals surface area (Å²) in [5, 5.41) is 10.4. The molecule has 0 spiro atoms. The minimum Gasteiger partial charge on any atom is -0.355 e. The Morgan fingerprint density at radius 2 is 2.17 bits per heavy atom. The minimum absolute atomic E-state index is 0.0332. The second kappa shape index (κ2) is 7.53. The summed E-state index contributed by atoms with van der Waals surface area (Å²) in [6.45, 7) is 5.80. The smallest absolute Gasteiger partial charge is 0.233 e. The zero-order valence-corrected chi connectivity index (χ0v) is 12.8. The average Bonchev–Trinajstić information content (AvgIpc) is 2.63. The Bertz CT molecular complexity index is 403. The molecular formula is C12H21BrN4O. The highest BCUT2D eigenvalue weighted by atomic mass is 79.9. The van der Waals surface area contributed by atoms with Crippen molar-refractivity contribution in [2.45, 2.75) is 33.2 Å². The van der Waals surface area contributed by atoms with Crippen molar-refractivity contribution in [1.29, 1.82) is 0 Å². The second-order valence-electron chi connectivity index (χ2n) is 4.14. The largest absolute Gasteiger partial charge is 0.355 e. The Morgan fingerprint density at radius 3 is 2.72 bits per heavy atom. The van der Waals surface area contributed by atoms with E-state index in [0.717, 1.165) is 35.2 Å². The van der Waals surface area contributed by atoms with Crippen LogP contribution in [-0.4, -0.2) is 28.8 Å². The molecule has 0 unspecified atom stereocenters. The van der Waals surface area contributed by atoms with E-state index in [1.807, 2.05) is 18.7 Å². The molecule has 0 fully saturated rings. The number of carbonyl (C=O) groups excluding carboxylic acids is 1. The summed E-state index contributed by atoms with van der Waals surface area (Å²) in [4.78, 5) is 11.4. The fourth-order valence-electron chi connectivity index (χ4n) is 1.63. The lowest BCUT2D eigenvalue weighted by molar-refractivity contribution is -0.120. The van der Waals surface area contributed by atoms with Gasteiger partial charge in [0.05, 0.1) is 22.4 Å². The first-order valence-corrected chi connectivity index (χ1v) is 7.07. The zero-order chi connectivity index (χ0) is 13.5. The van der Waals surface area contributed by atoms with Gasteiger partial charge in [-0.15, -0.1) is 0 Å². The monoisotopic (exact) mass is 316 g/mol. The minimum atomic E-state index is 0.0332. The molecule has 0 aliphatic carbocycles. The summed E-state index contributed by atoms with van der Waals surface area (Å²) in [6.07, 6.45) is 1.85. The molecule has 0 radical (unpaired) electrons. The van der Waals surface area contributed by atoms with Gasteiger partial charge in [-0.25, -0.2) is 0 Å². The average molecular weight is 317 g/mol. The van der Waals surface area contributed by atoms with Crippen molar-refractivity contribution in [2.75, 3.05) is 13.1 Å². The van der Waals surface area contributed by atoms with E-state index in [0.29, 0.717) is 13.1 Å². The van der Waals surface area contributed by atoms with Crippen molar-refractivity contribution in [1.82, 2.24) is 20.4 Å². The molecule has 0 saturated carbocycles. The van der Waals surface area contributed by atoms with Gasteiger partial charge < -0.3 is 10.6 Å². The van der Waals surface area contributed by atoms with Gasteiger partial charge >= 0.3 is 0 Å². The fraction of sp³-hybridized carbons (Fsp3) is 0.667. The van der Waals surface area contributed by atoms with Crippen LogP contribution >= 0.6 is 15.9 Å². The lowest BCUT2D eigenvalue weighted by Gasteiger charge is -2.06. The molecule has 6 heteroatoms. The quantitative estimate of drug-likeness (QED) is 0.798. The van der Waals surface area contributed by atoms with E-state index < -0.39 is 0 Å². The van der Waals surface area contributed by atoms with Crippen LogP contribution in [0.2, 0.25) is 0 Å². The van der Waals surface area contributed by atoms with E-state index in [1.54, 1.807) is 0 Å². The normalized spacial score (nSPS) is 10.7. The van der Waals surface area contributed by atoms with Crippen molar-refractivity contribution in [2.24, 2.45) is 7.05 Å². The number of rotatable bonds is 7. The van der Waals surface area contributed by atoms with Crippen LogP contribution in [0.15, 0.2) is 4.47 Å². The summed E-state index contributed by atoms with van der Waals surface area (Å²) in [5.74, 6) is 0.0332. The molecule has 1 aromatic heterocycles. The molecule has 1 aromatic rings. The number of halogens is 1. The maximum absolute atomic E-state index is 11.4. The summed E-state index contributed by atoms with van der Waals surface area (Å²) in [5.41, 5.74) is 2.11. The van der Waals surface area contributed by atoms with Gasteiger partial charge in [-0.05, 0) is 28.8 Å². The van der Waals surface area contributed by atoms with Crippen LogP contribution in [0.4, 0.5) is 0 Å². The maximum atomic E-state index is 11.4. The van der Waals surface area contributed by atoms with Gasteiger partial charge in [-0.2, -0.15) is 5.10 Å². The molecule has 18 heavy (non-hydrogen) atoms. The molecule has 1 heterocycles. The fourth-order valence-corrected chi connectivity index (χ4v) is 2.39. The van der Waals surface area contributed by atoms with Crippen LogP contribution in [-0.2, 0) is 24.8 Å². The molecular weight excluding hydrogens is 296 g/mol. The Hall–Kier alpha value is -0.880. The second-order valence-corrected chi connectivity index (χ2v) is 4.93. The highest BCUT2D eigenvalue weighted by Gasteiger charge is 2.12. The first-order chi connectivity index (χ1) is 8.60. The predicted molar refractivity (Wildman–Crippen MR) is 75.3 cm³/mol. The van der Waals surface area contributed by atoms with Crippen LogP contribution in [0.5, 0.6) is 0 Å². The molecule has 1 amide bonds. The van der Waals surface area contributed by atoms with Crippen molar-refractivity contribution < 1.29 is 4.79 Å². The number of hydrogen-bond acceptors (Lipinski definition) is 3. The molecule has 0 aliphatic heterocycles. The molecule has 5 nitrogen and oxygen atoms in total. The molecule has 0 aromatic carbocycles. The van der Waals surface area contributed by atoms with E-state index in [4.69, 9.17) is 0 Å². The first kappa shape index (κ1) is 15.2. The maximum Gasteiger partial charge on any atom is 0.233 e. The molecule has 0 atom stereocenters. The standard InChI is InChI=1S/C12H21BrN4O/c1-4-6-15-11(18)8-14-7-10-12(13)9(5-2)16-17(10)3/h14H,4-8H2,1-3H3,(H,15,18). The van der Waals surface area contributed by atoms with Crippen LogP contribution in [0.25, 0.3) is 0 Å². The number of aryl methyl sites for hydroxylation is 2. The molecule has 0 bridgehead atoms. The lowest BCUT2D eigenvalue weighted by Crippen LogP contribution is -2.34. The number of nitrogens with zero attached hydrogens (tertiary/aromatic N) is 2. The van der Waals surface area contributed by atoms with E-state index in [1.165, 1.54) is 0 Å². The third-order valence-electron chi connectivity index (χ3n) is 2.65. The van der Waals surface area contributed by atoms with Gasteiger partial charge in [0.2, 0.25) is 5.91 Å². The van der Waals surface area contributed by atoms with Gasteiger partial charge in [0, 0.05) is 20.1 Å². The number of carbonyl (C=O) groups is 1. The lowest BCUT2D eigenvalue weighted by atomic mass is 10.3. The van der Waals surface area contributed by atoms with Gasteiger partial charge in [-0.1, -0.05) is 13.8 Å². The van der Waals surface area contributed by atoms with Crippen molar-refractivity contribution >= 4 is 21.8 Å². The number of hydrogen-bond donors (Lipinski definition) is 2. The highest BCUT2D eigenvalue weighted by Crippen LogP contribution is 2.21. The summed E-state index contributed by atoms with van der Waals surface area (Å²) in [6, 6.07) is 0. The third kappa shape index (κ3) is 4.10. The highest BCUT2D eigenvalue weighted by molar-refractivity contribution is 9.10. The summed E-state index contributed by atoms with van der Waals surface area (Å²) < 4.78 is 2.88. The Kier molecular flexibility index (Phi) is 6.35. The van der Waals surface area contributed by atoms with Crippen molar-refractivity contribution in [3.8, 4) is 0 Å². The molecule has 1 rings (SSSR count). The SMILES string of the molecule is CCCNC(=O)CNCc1c(Br)c(CC)nn1C. The molecule has 2 N–H and O–H groups in total. The predicted octanol–water partition coefficient (Wildman–Crippen LogP) is 1.36. The van der Waals surface area contributed by atoms with Gasteiger partial charge in [0.1, 0.15) is 0 Å². The van der Waals surface area contributed by atoms with Crippen LogP contribution in [0.3, 0.4) is 0 Å². The molecule has 0 saturated heterocycles. The molecule has 0 aliphatic rings. The van der Waals surface area contributed by atoms with Crippen LogP contribution in [0, 0.1) is 0 Å². The van der Waals surface area contributed by atoms with E-state index in [-0.39, 0.29) is 5.91 Å². The third-order valence-corrected chi connectivity index (χ3v) is 3.57. The first-order valence-electron chi connectivity index (χ1n) is 6.27. The van der Waals surface area contributed by atoms with Crippen molar-refractivity contribution in [3.63, 3.8) is 0 Å². The van der Waals surface area contributed by atoms with E-state index in [9.17, 15) is 4.79 Å². The number of aromatic nitrogens is 2. The van der Waals surface area contributed by atoms with Crippen molar-refractivity contribution in [3.05, 3.63) is 15.9 Å². The van der Waals surface area contributed by atoms with E-state index >= 15 is 0 Å². The Morgan fingerprint density at radius 1 is 1.44 bits per heavy atom. The summed E-state index contributed by atoms with van der Waals surface area (Å²) >= 11 is 3.55. The topological polar surface area (TPSA) is 59.0 Å². The number of amides is 1. The van der Waals surface area contributed by atoms with Gasteiger partial charge in [0.25, 0.3) is 0 Å². The Labute approximate surface area is 116 Å². The van der Waals surface area contributed by atoms with E-state index in [2.05, 4.69) is 38.6 Å². The van der Waals surface area contributed by atoms with Crippen LogP contribution < -0.4 is 10.6 Å². The van der Waals surface area contributed by atoms with Gasteiger partial charge in [0.15, 0.2) is 0 Å². The zero-order valence-electron chi connectivity index (χ0n) is 11.2. The molecule has 102 valence electrons. The Balaban J connectivity index is 2.44. The summed E-state index contributed by atoms with van der Waals surface area (Å²) in [7, 11) is 1.91. The van der Waals surface area contributed by atoms with Crippen LogP contribution in [0.1, 0.15) is 31.7 Å². The van der Waals surface area contributed by atoms with Gasteiger partial charge in [-0.3, -0.25) is 9.48 Å².